The van der Waals surface area contributed by atoms with Gasteiger partial charge in [0.25, 0.3) is 0 Å². The van der Waals surface area contributed by atoms with Crippen LogP contribution in [0, 0.1) is 0 Å². The first-order chi connectivity index (χ1) is 14.9. The number of hydrogen-bond donors (Lipinski definition) is 1. The van der Waals surface area contributed by atoms with E-state index in [0.717, 1.165) is 16.8 Å². The standard InChI is InChI=1S/C24H23Cl2N3O2/c1-17(24(31)28-15-22-4-2-3-13-27-22)29(16-19-7-11-21(26)12-8-19)23(30)14-18-5-9-20(25)10-6-18/h2-13,17H,14-16H2,1H3,(H,28,31)/t17-/m0/s1. The molecule has 1 atom stereocenters. The summed E-state index contributed by atoms with van der Waals surface area (Å²) in [6, 6.07) is 19.2. The Morgan fingerprint density at radius 3 is 2.13 bits per heavy atom. The second-order valence-electron chi connectivity index (χ2n) is 7.17. The maximum absolute atomic E-state index is 13.2. The van der Waals surface area contributed by atoms with Crippen molar-refractivity contribution in [3.63, 3.8) is 0 Å². The van der Waals surface area contributed by atoms with Crippen molar-refractivity contribution in [3.05, 3.63) is 99.8 Å². The van der Waals surface area contributed by atoms with Crippen LogP contribution in [-0.2, 0) is 29.1 Å². The van der Waals surface area contributed by atoms with Crippen LogP contribution in [0.1, 0.15) is 23.7 Å². The topological polar surface area (TPSA) is 62.3 Å². The van der Waals surface area contributed by atoms with Crippen molar-refractivity contribution in [2.45, 2.75) is 32.5 Å². The van der Waals surface area contributed by atoms with E-state index in [1.54, 1.807) is 42.3 Å². The molecular formula is C24H23Cl2N3O2. The molecule has 1 aromatic heterocycles. The molecule has 0 aliphatic rings. The van der Waals surface area contributed by atoms with Gasteiger partial charge in [0.15, 0.2) is 0 Å². The van der Waals surface area contributed by atoms with Crippen molar-refractivity contribution in [3.8, 4) is 0 Å². The highest BCUT2D eigenvalue weighted by atomic mass is 35.5. The molecule has 0 fully saturated rings. The normalized spacial score (nSPS) is 11.6. The van der Waals surface area contributed by atoms with Crippen molar-refractivity contribution in [1.29, 1.82) is 0 Å². The van der Waals surface area contributed by atoms with E-state index in [-0.39, 0.29) is 18.2 Å². The minimum atomic E-state index is -0.667. The molecule has 0 bridgehead atoms. The van der Waals surface area contributed by atoms with Gasteiger partial charge in [0.1, 0.15) is 6.04 Å². The maximum Gasteiger partial charge on any atom is 0.242 e. The molecule has 3 rings (SSSR count). The number of rotatable bonds is 8. The summed E-state index contributed by atoms with van der Waals surface area (Å²) >= 11 is 11.9. The van der Waals surface area contributed by atoms with Gasteiger partial charge >= 0.3 is 0 Å². The molecule has 0 spiro atoms. The van der Waals surface area contributed by atoms with Gasteiger partial charge in [-0.05, 0) is 54.4 Å². The zero-order valence-corrected chi connectivity index (χ0v) is 18.6. The summed E-state index contributed by atoms with van der Waals surface area (Å²) in [4.78, 5) is 31.8. The zero-order valence-electron chi connectivity index (χ0n) is 17.1. The number of pyridine rings is 1. The molecule has 0 saturated heterocycles. The Bertz CT molecular complexity index is 1010. The Morgan fingerprint density at radius 1 is 0.935 bits per heavy atom. The van der Waals surface area contributed by atoms with E-state index in [4.69, 9.17) is 23.2 Å². The van der Waals surface area contributed by atoms with Gasteiger partial charge in [0, 0.05) is 22.8 Å². The average molecular weight is 456 g/mol. The summed E-state index contributed by atoms with van der Waals surface area (Å²) in [5.74, 6) is -0.401. The van der Waals surface area contributed by atoms with Gasteiger partial charge in [0.2, 0.25) is 11.8 Å². The summed E-state index contributed by atoms with van der Waals surface area (Å²) < 4.78 is 0. The molecule has 0 radical (unpaired) electrons. The average Bonchev–Trinajstić information content (AvgIpc) is 2.78. The van der Waals surface area contributed by atoms with E-state index >= 15 is 0 Å². The lowest BCUT2D eigenvalue weighted by molar-refractivity contribution is -0.140. The van der Waals surface area contributed by atoms with Crippen molar-refractivity contribution in [2.24, 2.45) is 0 Å². The molecule has 7 heteroatoms. The highest BCUT2D eigenvalue weighted by Gasteiger charge is 2.26. The third-order valence-corrected chi connectivity index (χ3v) is 5.38. The quantitative estimate of drug-likeness (QED) is 0.536. The summed E-state index contributed by atoms with van der Waals surface area (Å²) in [5.41, 5.74) is 2.47. The Kier molecular flexibility index (Phi) is 8.04. The lowest BCUT2D eigenvalue weighted by Gasteiger charge is -2.29. The van der Waals surface area contributed by atoms with Crippen LogP contribution in [-0.4, -0.2) is 27.7 Å². The van der Waals surface area contributed by atoms with Crippen LogP contribution in [0.4, 0.5) is 0 Å². The number of benzene rings is 2. The number of carbonyl (C=O) groups excluding carboxylic acids is 2. The zero-order chi connectivity index (χ0) is 22.2. The third-order valence-electron chi connectivity index (χ3n) is 4.87. The predicted molar refractivity (Wildman–Crippen MR) is 123 cm³/mol. The van der Waals surface area contributed by atoms with Gasteiger partial charge in [-0.3, -0.25) is 14.6 Å². The number of hydrogen-bond acceptors (Lipinski definition) is 3. The summed E-state index contributed by atoms with van der Waals surface area (Å²) in [6.07, 6.45) is 1.84. The first-order valence-corrected chi connectivity index (χ1v) is 10.6. The molecule has 0 aliphatic carbocycles. The van der Waals surface area contributed by atoms with E-state index in [9.17, 15) is 9.59 Å². The molecule has 31 heavy (non-hydrogen) atoms. The van der Waals surface area contributed by atoms with Crippen LogP contribution in [0.3, 0.4) is 0 Å². The minimum Gasteiger partial charge on any atom is -0.349 e. The number of amides is 2. The number of nitrogens with one attached hydrogen (secondary N) is 1. The third kappa shape index (κ3) is 6.81. The van der Waals surface area contributed by atoms with Gasteiger partial charge < -0.3 is 10.2 Å². The second kappa shape index (κ2) is 10.9. The van der Waals surface area contributed by atoms with Crippen molar-refractivity contribution < 1.29 is 9.59 Å². The second-order valence-corrected chi connectivity index (χ2v) is 8.04. The first-order valence-electron chi connectivity index (χ1n) is 9.88. The van der Waals surface area contributed by atoms with E-state index < -0.39 is 6.04 Å². The van der Waals surface area contributed by atoms with Gasteiger partial charge in [-0.15, -0.1) is 0 Å². The monoisotopic (exact) mass is 455 g/mol. The van der Waals surface area contributed by atoms with Crippen LogP contribution in [0.25, 0.3) is 0 Å². The number of carbonyl (C=O) groups is 2. The van der Waals surface area contributed by atoms with E-state index in [2.05, 4.69) is 10.3 Å². The molecule has 0 unspecified atom stereocenters. The SMILES string of the molecule is C[C@@H](C(=O)NCc1ccccn1)N(Cc1ccc(Cl)cc1)C(=O)Cc1ccc(Cl)cc1. The summed E-state index contributed by atoms with van der Waals surface area (Å²) in [6.45, 7) is 2.31. The molecule has 0 saturated carbocycles. The maximum atomic E-state index is 13.2. The lowest BCUT2D eigenvalue weighted by atomic mass is 10.1. The van der Waals surface area contributed by atoms with E-state index in [1.807, 2.05) is 42.5 Å². The fourth-order valence-corrected chi connectivity index (χ4v) is 3.33. The van der Waals surface area contributed by atoms with Crippen LogP contribution in [0.5, 0.6) is 0 Å². The molecule has 2 amide bonds. The number of aromatic nitrogens is 1. The van der Waals surface area contributed by atoms with Crippen LogP contribution in [0.2, 0.25) is 10.0 Å². The lowest BCUT2D eigenvalue weighted by Crippen LogP contribution is -2.48. The van der Waals surface area contributed by atoms with E-state index in [1.165, 1.54) is 0 Å². The molecule has 0 aliphatic heterocycles. The molecule has 3 aromatic rings. The Morgan fingerprint density at radius 2 is 1.55 bits per heavy atom. The van der Waals surface area contributed by atoms with Crippen molar-refractivity contribution >= 4 is 35.0 Å². The number of halogens is 2. The molecule has 2 aromatic carbocycles. The molecule has 160 valence electrons. The Labute approximate surface area is 192 Å². The van der Waals surface area contributed by atoms with E-state index in [0.29, 0.717) is 23.1 Å². The van der Waals surface area contributed by atoms with Crippen molar-refractivity contribution in [2.75, 3.05) is 0 Å². The van der Waals surface area contributed by atoms with Crippen molar-refractivity contribution in [1.82, 2.24) is 15.2 Å². The molecule has 5 nitrogen and oxygen atoms in total. The van der Waals surface area contributed by atoms with Gasteiger partial charge in [-0.2, -0.15) is 0 Å². The minimum absolute atomic E-state index is 0.155. The summed E-state index contributed by atoms with van der Waals surface area (Å²) in [7, 11) is 0. The molecular weight excluding hydrogens is 433 g/mol. The van der Waals surface area contributed by atoms with Gasteiger partial charge in [-0.25, -0.2) is 0 Å². The molecule has 1 N–H and O–H groups in total. The Balaban J connectivity index is 1.74. The van der Waals surface area contributed by atoms with Gasteiger partial charge in [-0.1, -0.05) is 53.5 Å². The van der Waals surface area contributed by atoms with Crippen LogP contribution < -0.4 is 5.32 Å². The predicted octanol–water partition coefficient (Wildman–Crippen LogP) is 4.66. The smallest absolute Gasteiger partial charge is 0.242 e. The van der Waals surface area contributed by atoms with Crippen LogP contribution in [0.15, 0.2) is 72.9 Å². The molecule has 1 heterocycles. The summed E-state index contributed by atoms with van der Waals surface area (Å²) in [5, 5.41) is 4.09. The number of nitrogens with zero attached hydrogens (tertiary/aromatic N) is 2. The highest BCUT2D eigenvalue weighted by Crippen LogP contribution is 2.16. The highest BCUT2D eigenvalue weighted by molar-refractivity contribution is 6.30. The fraction of sp³-hybridized carbons (Fsp3) is 0.208. The first kappa shape index (κ1) is 22.8. The Hall–Kier alpha value is -2.89. The van der Waals surface area contributed by atoms with Crippen LogP contribution >= 0.6 is 23.2 Å². The largest absolute Gasteiger partial charge is 0.349 e. The van der Waals surface area contributed by atoms with Gasteiger partial charge in [0.05, 0.1) is 18.7 Å². The fourth-order valence-electron chi connectivity index (χ4n) is 3.08.